The monoisotopic (exact) mass is 236 g/mol. The summed E-state index contributed by atoms with van der Waals surface area (Å²) in [6.07, 6.45) is 8.56. The van der Waals surface area contributed by atoms with Gasteiger partial charge in [0.1, 0.15) is 6.04 Å². The summed E-state index contributed by atoms with van der Waals surface area (Å²) in [7, 11) is 0. The molecule has 5 nitrogen and oxygen atoms in total. The van der Waals surface area contributed by atoms with E-state index < -0.39 is 18.0 Å². The van der Waals surface area contributed by atoms with Crippen LogP contribution >= 0.6 is 0 Å². The maximum atomic E-state index is 11.8. The van der Waals surface area contributed by atoms with Crippen molar-refractivity contribution in [1.82, 2.24) is 10.2 Å². The van der Waals surface area contributed by atoms with Crippen LogP contribution in [0.2, 0.25) is 0 Å². The van der Waals surface area contributed by atoms with E-state index in [0.29, 0.717) is 6.54 Å². The van der Waals surface area contributed by atoms with Gasteiger partial charge in [0.2, 0.25) is 0 Å². The molecule has 0 aliphatic heterocycles. The topological polar surface area (TPSA) is 69.6 Å². The molecule has 0 spiro atoms. The molecule has 0 saturated heterocycles. The second kappa shape index (κ2) is 5.94. The molecule has 0 bridgehead atoms. The van der Waals surface area contributed by atoms with Crippen LogP contribution in [0, 0.1) is 12.3 Å². The molecule has 92 valence electrons. The Labute approximate surface area is 100 Å². The third kappa shape index (κ3) is 3.83. The summed E-state index contributed by atoms with van der Waals surface area (Å²) in [6, 6.07) is -1.22. The van der Waals surface area contributed by atoms with E-state index in [4.69, 9.17) is 11.5 Å². The molecule has 1 fully saturated rings. The van der Waals surface area contributed by atoms with Gasteiger partial charge in [-0.05, 0) is 12.8 Å². The number of hydrogen-bond donors (Lipinski definition) is 2. The van der Waals surface area contributed by atoms with Crippen LogP contribution in [0.1, 0.15) is 19.3 Å². The molecule has 1 atom stereocenters. The van der Waals surface area contributed by atoms with Crippen molar-refractivity contribution in [3.8, 4) is 12.3 Å². The van der Waals surface area contributed by atoms with E-state index in [1.54, 1.807) is 11.0 Å². The van der Waals surface area contributed by atoms with E-state index in [-0.39, 0.29) is 12.5 Å². The van der Waals surface area contributed by atoms with Crippen molar-refractivity contribution in [2.24, 2.45) is 0 Å². The minimum Gasteiger partial charge on any atom is -0.480 e. The van der Waals surface area contributed by atoms with Gasteiger partial charge in [0.05, 0.1) is 0 Å². The first kappa shape index (κ1) is 13.1. The molecule has 1 saturated carbocycles. The largest absolute Gasteiger partial charge is 0.480 e. The Hall–Kier alpha value is -1.96. The predicted octanol–water partition coefficient (Wildman–Crippen LogP) is 0.823. The molecule has 1 aliphatic rings. The fourth-order valence-electron chi connectivity index (χ4n) is 1.47. The van der Waals surface area contributed by atoms with E-state index in [9.17, 15) is 9.59 Å². The summed E-state index contributed by atoms with van der Waals surface area (Å²) in [5.74, 6) is 1.12. The van der Waals surface area contributed by atoms with E-state index in [1.165, 1.54) is 0 Å². The van der Waals surface area contributed by atoms with Crippen LogP contribution in [0.4, 0.5) is 4.79 Å². The average Bonchev–Trinajstić information content (AvgIpc) is 3.08. The van der Waals surface area contributed by atoms with Crippen LogP contribution in [0.5, 0.6) is 0 Å². The highest BCUT2D eigenvalue weighted by Gasteiger charge is 2.33. The smallest absolute Gasteiger partial charge is 0.327 e. The van der Waals surface area contributed by atoms with Crippen LogP contribution in [-0.4, -0.2) is 40.6 Å². The molecule has 1 rings (SSSR count). The van der Waals surface area contributed by atoms with Crippen LogP contribution in [0.3, 0.4) is 0 Å². The summed E-state index contributed by atoms with van der Waals surface area (Å²) < 4.78 is 0. The van der Waals surface area contributed by atoms with Crippen molar-refractivity contribution in [1.29, 1.82) is 0 Å². The standard InChI is InChI=1S/C12H16N2O3/c1-3-5-10(11(15)16)13-12(17)14(8-4-2)9-6-7-9/h1,4,9-10H,2,5-8H2,(H,13,17)(H,15,16). The second-order valence-corrected chi connectivity index (χ2v) is 3.92. The van der Waals surface area contributed by atoms with E-state index in [1.807, 2.05) is 0 Å². The molecule has 0 radical (unpaired) electrons. The number of carbonyl (C=O) groups is 2. The predicted molar refractivity (Wildman–Crippen MR) is 63.3 cm³/mol. The van der Waals surface area contributed by atoms with Crippen molar-refractivity contribution in [3.63, 3.8) is 0 Å². The van der Waals surface area contributed by atoms with E-state index in [2.05, 4.69) is 17.8 Å². The molecule has 5 heteroatoms. The van der Waals surface area contributed by atoms with Gasteiger partial charge in [0.15, 0.2) is 0 Å². The quantitative estimate of drug-likeness (QED) is 0.530. The molecule has 0 aromatic carbocycles. The summed E-state index contributed by atoms with van der Waals surface area (Å²) in [5, 5.41) is 11.3. The van der Waals surface area contributed by atoms with Gasteiger partial charge in [-0.25, -0.2) is 9.59 Å². The zero-order valence-corrected chi connectivity index (χ0v) is 9.56. The molecule has 1 aliphatic carbocycles. The SMILES string of the molecule is C#CCC(NC(=O)N(CC=C)C1CC1)C(=O)O. The molecule has 17 heavy (non-hydrogen) atoms. The lowest BCUT2D eigenvalue weighted by molar-refractivity contribution is -0.139. The summed E-state index contributed by atoms with van der Waals surface area (Å²) in [5.41, 5.74) is 0. The minimum absolute atomic E-state index is 0.0202. The van der Waals surface area contributed by atoms with Crippen molar-refractivity contribution in [3.05, 3.63) is 12.7 Å². The second-order valence-electron chi connectivity index (χ2n) is 3.92. The van der Waals surface area contributed by atoms with Crippen LogP contribution in [-0.2, 0) is 4.79 Å². The Kier molecular flexibility index (Phi) is 4.58. The molecular formula is C12H16N2O3. The highest BCUT2D eigenvalue weighted by molar-refractivity contribution is 5.83. The number of carboxylic acid groups (broad SMARTS) is 1. The van der Waals surface area contributed by atoms with Crippen molar-refractivity contribution in [2.45, 2.75) is 31.3 Å². The first-order valence-corrected chi connectivity index (χ1v) is 5.44. The maximum absolute atomic E-state index is 11.8. The van der Waals surface area contributed by atoms with Gasteiger partial charge in [-0.1, -0.05) is 6.08 Å². The molecular weight excluding hydrogens is 220 g/mol. The van der Waals surface area contributed by atoms with Crippen molar-refractivity contribution < 1.29 is 14.7 Å². The first-order valence-electron chi connectivity index (χ1n) is 5.44. The number of aliphatic carboxylic acids is 1. The number of carbonyl (C=O) groups excluding carboxylic acids is 1. The summed E-state index contributed by atoms with van der Waals surface area (Å²) >= 11 is 0. The number of rotatable bonds is 6. The Balaban J connectivity index is 2.57. The van der Waals surface area contributed by atoms with Gasteiger partial charge < -0.3 is 15.3 Å². The maximum Gasteiger partial charge on any atom is 0.327 e. The Bertz CT molecular complexity index is 355. The Morgan fingerprint density at radius 3 is 2.71 bits per heavy atom. The van der Waals surface area contributed by atoms with Crippen molar-refractivity contribution >= 4 is 12.0 Å². The fourth-order valence-corrected chi connectivity index (χ4v) is 1.47. The van der Waals surface area contributed by atoms with E-state index in [0.717, 1.165) is 12.8 Å². The van der Waals surface area contributed by atoms with Crippen LogP contribution in [0.15, 0.2) is 12.7 Å². The molecule has 0 heterocycles. The van der Waals surface area contributed by atoms with Gasteiger partial charge in [0.25, 0.3) is 0 Å². The fraction of sp³-hybridized carbons (Fsp3) is 0.500. The molecule has 2 amide bonds. The number of carboxylic acids is 1. The third-order valence-corrected chi connectivity index (χ3v) is 2.49. The number of terminal acetylenes is 1. The highest BCUT2D eigenvalue weighted by Crippen LogP contribution is 2.26. The van der Waals surface area contributed by atoms with Crippen LogP contribution in [0.25, 0.3) is 0 Å². The molecule has 2 N–H and O–H groups in total. The highest BCUT2D eigenvalue weighted by atomic mass is 16.4. The Morgan fingerprint density at radius 1 is 1.65 bits per heavy atom. The zero-order valence-electron chi connectivity index (χ0n) is 9.56. The lowest BCUT2D eigenvalue weighted by Crippen LogP contribution is -2.48. The minimum atomic E-state index is -1.12. The van der Waals surface area contributed by atoms with Gasteiger partial charge in [-0.3, -0.25) is 0 Å². The van der Waals surface area contributed by atoms with Gasteiger partial charge in [-0.15, -0.1) is 18.9 Å². The molecule has 1 unspecified atom stereocenters. The average molecular weight is 236 g/mol. The lowest BCUT2D eigenvalue weighted by Gasteiger charge is -2.23. The number of amides is 2. The van der Waals surface area contributed by atoms with Gasteiger partial charge >= 0.3 is 12.0 Å². The zero-order chi connectivity index (χ0) is 12.8. The van der Waals surface area contributed by atoms with Gasteiger partial charge in [0, 0.05) is 19.0 Å². The van der Waals surface area contributed by atoms with E-state index >= 15 is 0 Å². The number of urea groups is 1. The third-order valence-electron chi connectivity index (χ3n) is 2.49. The van der Waals surface area contributed by atoms with Crippen molar-refractivity contribution in [2.75, 3.05) is 6.54 Å². The first-order chi connectivity index (χ1) is 8.10. The Morgan fingerprint density at radius 2 is 2.29 bits per heavy atom. The number of nitrogens with zero attached hydrogens (tertiary/aromatic N) is 1. The summed E-state index contributed by atoms with van der Waals surface area (Å²) in [4.78, 5) is 24.3. The number of hydrogen-bond acceptors (Lipinski definition) is 2. The summed E-state index contributed by atoms with van der Waals surface area (Å²) in [6.45, 7) is 3.99. The lowest BCUT2D eigenvalue weighted by atomic mass is 10.2. The molecule has 0 aromatic heterocycles. The van der Waals surface area contributed by atoms with Gasteiger partial charge in [-0.2, -0.15) is 0 Å². The molecule has 0 aromatic rings. The van der Waals surface area contributed by atoms with Crippen LogP contribution < -0.4 is 5.32 Å². The normalized spacial score (nSPS) is 15.5. The number of nitrogens with one attached hydrogen (secondary N) is 1.